The van der Waals surface area contributed by atoms with Crippen LogP contribution in [0.4, 0.5) is 0 Å². The van der Waals surface area contributed by atoms with E-state index in [1.165, 1.54) is 0 Å². The van der Waals surface area contributed by atoms with Crippen LogP contribution < -0.4 is 10.6 Å². The van der Waals surface area contributed by atoms with E-state index in [1.807, 2.05) is 0 Å². The summed E-state index contributed by atoms with van der Waals surface area (Å²) in [6.07, 6.45) is 1.23. The molecule has 0 fully saturated rings. The van der Waals surface area contributed by atoms with Gasteiger partial charge in [0.2, 0.25) is 6.29 Å². The number of ether oxygens (including phenoxy) is 2. The second kappa shape index (κ2) is 13.1. The molecule has 0 saturated heterocycles. The number of amides is 1. The molecule has 0 radical (unpaired) electrons. The van der Waals surface area contributed by atoms with Gasteiger partial charge in [-0.2, -0.15) is 0 Å². The fourth-order valence-electron chi connectivity index (χ4n) is 1.09. The minimum Gasteiger partial charge on any atom is -0.379 e. The molecule has 0 aromatic rings. The van der Waals surface area contributed by atoms with Gasteiger partial charge >= 0.3 is 0 Å². The second-order valence-electron chi connectivity index (χ2n) is 3.34. The van der Waals surface area contributed by atoms with Gasteiger partial charge in [-0.3, -0.25) is 9.59 Å². The van der Waals surface area contributed by atoms with Gasteiger partial charge in [0.15, 0.2) is 0 Å². The van der Waals surface area contributed by atoms with Crippen molar-refractivity contribution in [3.8, 4) is 0 Å². The van der Waals surface area contributed by atoms with Gasteiger partial charge in [-0.05, 0) is 19.5 Å². The highest BCUT2D eigenvalue weighted by Gasteiger charge is 1.95. The van der Waals surface area contributed by atoms with E-state index in [9.17, 15) is 9.59 Å². The fourth-order valence-corrected chi connectivity index (χ4v) is 1.09. The van der Waals surface area contributed by atoms with Crippen molar-refractivity contribution in [3.05, 3.63) is 0 Å². The Morgan fingerprint density at radius 2 is 1.82 bits per heavy atom. The van der Waals surface area contributed by atoms with E-state index in [2.05, 4.69) is 17.6 Å². The van der Waals surface area contributed by atoms with Crippen molar-refractivity contribution in [2.75, 3.05) is 46.1 Å². The lowest BCUT2D eigenvalue weighted by Crippen LogP contribution is -2.28. The molecule has 0 aliphatic carbocycles. The summed E-state index contributed by atoms with van der Waals surface area (Å²) < 4.78 is 10.5. The normalized spacial score (nSPS) is 10.2. The molecule has 0 aromatic carbocycles. The van der Waals surface area contributed by atoms with Crippen LogP contribution in [0, 0.1) is 0 Å². The molecule has 0 heterocycles. The van der Waals surface area contributed by atoms with Gasteiger partial charge in [0, 0.05) is 13.2 Å². The molecule has 0 spiro atoms. The maximum Gasteiger partial charge on any atom is 0.284 e. The summed E-state index contributed by atoms with van der Waals surface area (Å²) in [6, 6.07) is 0. The van der Waals surface area contributed by atoms with Crippen molar-refractivity contribution in [1.29, 1.82) is 0 Å². The van der Waals surface area contributed by atoms with E-state index in [0.717, 1.165) is 26.1 Å². The molecule has 0 bridgehead atoms. The van der Waals surface area contributed by atoms with Crippen LogP contribution in [-0.4, -0.2) is 58.3 Å². The number of rotatable bonds is 12. The van der Waals surface area contributed by atoms with Gasteiger partial charge in [0.1, 0.15) is 0 Å². The molecule has 2 N–H and O–H groups in total. The molecule has 0 saturated carbocycles. The predicted molar refractivity (Wildman–Crippen MR) is 63.9 cm³/mol. The van der Waals surface area contributed by atoms with Crippen LogP contribution in [-0.2, 0) is 19.1 Å². The Bertz CT molecular complexity index is 200. The lowest BCUT2D eigenvalue weighted by molar-refractivity contribution is -0.131. The number of hydrogen-bond acceptors (Lipinski definition) is 5. The summed E-state index contributed by atoms with van der Waals surface area (Å²) in [4.78, 5) is 20.4. The van der Waals surface area contributed by atoms with Crippen molar-refractivity contribution in [1.82, 2.24) is 10.6 Å². The Morgan fingerprint density at radius 3 is 2.47 bits per heavy atom. The third kappa shape index (κ3) is 13.0. The second-order valence-corrected chi connectivity index (χ2v) is 3.34. The Balaban J connectivity index is 2.98. The number of hydrogen-bond donors (Lipinski definition) is 2. The number of carbonyl (C=O) groups excluding carboxylic acids is 2. The largest absolute Gasteiger partial charge is 0.379 e. The van der Waals surface area contributed by atoms with Crippen LogP contribution in [0.2, 0.25) is 0 Å². The molecule has 0 aromatic heterocycles. The first-order valence-electron chi connectivity index (χ1n) is 5.90. The maximum atomic E-state index is 10.5. The Labute approximate surface area is 102 Å². The summed E-state index contributed by atoms with van der Waals surface area (Å²) in [5.74, 6) is -0.617. The highest BCUT2D eigenvalue weighted by atomic mass is 16.5. The summed E-state index contributed by atoms with van der Waals surface area (Å²) in [5, 5.41) is 5.58. The van der Waals surface area contributed by atoms with Crippen LogP contribution in [0.15, 0.2) is 0 Å². The summed E-state index contributed by atoms with van der Waals surface area (Å²) in [5.41, 5.74) is 0. The summed E-state index contributed by atoms with van der Waals surface area (Å²) >= 11 is 0. The summed E-state index contributed by atoms with van der Waals surface area (Å²) in [6.45, 7) is 6.52. The van der Waals surface area contributed by atoms with Crippen molar-refractivity contribution in [2.24, 2.45) is 0 Å². The Hall–Kier alpha value is -0.980. The molecule has 0 atom stereocenters. The Kier molecular flexibility index (Phi) is 12.3. The molecule has 1 amide bonds. The number of aldehydes is 1. The van der Waals surface area contributed by atoms with Crippen molar-refractivity contribution in [2.45, 2.75) is 13.3 Å². The highest BCUT2D eigenvalue weighted by Crippen LogP contribution is 1.82. The quantitative estimate of drug-likeness (QED) is 0.271. The topological polar surface area (TPSA) is 76.7 Å². The smallest absolute Gasteiger partial charge is 0.284 e. The van der Waals surface area contributed by atoms with Gasteiger partial charge < -0.3 is 20.1 Å². The minimum absolute atomic E-state index is 0.244. The fraction of sp³-hybridized carbons (Fsp3) is 0.818. The van der Waals surface area contributed by atoms with Crippen molar-refractivity contribution < 1.29 is 19.1 Å². The SMILES string of the molecule is CCNCCCOCCOCCNC(=O)C=O. The zero-order valence-electron chi connectivity index (χ0n) is 10.4. The third-order valence-electron chi connectivity index (χ3n) is 1.92. The van der Waals surface area contributed by atoms with Gasteiger partial charge in [-0.1, -0.05) is 6.92 Å². The average molecular weight is 246 g/mol. The Morgan fingerprint density at radius 1 is 1.12 bits per heavy atom. The molecule has 6 heteroatoms. The lowest BCUT2D eigenvalue weighted by atomic mass is 10.4. The molecule has 0 rings (SSSR count). The highest BCUT2D eigenvalue weighted by molar-refractivity contribution is 6.23. The van der Waals surface area contributed by atoms with Crippen LogP contribution in [0.25, 0.3) is 0 Å². The number of nitrogens with one attached hydrogen (secondary N) is 2. The van der Waals surface area contributed by atoms with E-state index < -0.39 is 5.91 Å². The number of carbonyl (C=O) groups is 2. The zero-order valence-corrected chi connectivity index (χ0v) is 10.4. The van der Waals surface area contributed by atoms with Crippen molar-refractivity contribution in [3.63, 3.8) is 0 Å². The molecular formula is C11H22N2O4. The van der Waals surface area contributed by atoms with Crippen LogP contribution in [0.1, 0.15) is 13.3 Å². The third-order valence-corrected chi connectivity index (χ3v) is 1.92. The molecule has 6 nitrogen and oxygen atoms in total. The van der Waals surface area contributed by atoms with E-state index in [0.29, 0.717) is 26.4 Å². The molecule has 0 unspecified atom stereocenters. The summed E-state index contributed by atoms with van der Waals surface area (Å²) in [7, 11) is 0. The van der Waals surface area contributed by atoms with Gasteiger partial charge in [0.05, 0.1) is 19.8 Å². The molecule has 0 aliphatic rings. The van der Waals surface area contributed by atoms with E-state index in [1.54, 1.807) is 0 Å². The maximum absolute atomic E-state index is 10.5. The lowest BCUT2D eigenvalue weighted by Gasteiger charge is -2.06. The molecule has 17 heavy (non-hydrogen) atoms. The predicted octanol–water partition coefficient (Wildman–Crippen LogP) is -0.666. The van der Waals surface area contributed by atoms with Gasteiger partial charge in [0.25, 0.3) is 5.91 Å². The van der Waals surface area contributed by atoms with E-state index >= 15 is 0 Å². The minimum atomic E-state index is -0.617. The van der Waals surface area contributed by atoms with Gasteiger partial charge in [-0.25, -0.2) is 0 Å². The monoisotopic (exact) mass is 246 g/mol. The van der Waals surface area contributed by atoms with E-state index in [4.69, 9.17) is 9.47 Å². The standard InChI is InChI=1S/C11H22N2O4/c1-2-12-4-3-6-16-8-9-17-7-5-13-11(15)10-14/h10,12H,2-9H2,1H3,(H,13,15). The van der Waals surface area contributed by atoms with Crippen LogP contribution in [0.5, 0.6) is 0 Å². The first-order valence-corrected chi connectivity index (χ1v) is 5.90. The molecule has 0 aliphatic heterocycles. The molecular weight excluding hydrogens is 224 g/mol. The van der Waals surface area contributed by atoms with Crippen molar-refractivity contribution >= 4 is 12.2 Å². The molecule has 100 valence electrons. The first kappa shape index (κ1) is 16.0. The van der Waals surface area contributed by atoms with Crippen LogP contribution in [0.3, 0.4) is 0 Å². The van der Waals surface area contributed by atoms with Crippen LogP contribution >= 0.6 is 0 Å². The first-order chi connectivity index (χ1) is 8.31. The van der Waals surface area contributed by atoms with Gasteiger partial charge in [-0.15, -0.1) is 0 Å². The zero-order chi connectivity index (χ0) is 12.8. The average Bonchev–Trinajstić information content (AvgIpc) is 2.35. The van der Waals surface area contributed by atoms with E-state index in [-0.39, 0.29) is 6.29 Å².